The van der Waals surface area contributed by atoms with Gasteiger partial charge in [0.15, 0.2) is 0 Å². The van der Waals surface area contributed by atoms with Gasteiger partial charge in [-0.05, 0) is 93.0 Å². The number of allylic oxidation sites excluding steroid dienone is 2. The quantitative estimate of drug-likeness (QED) is 0.285. The van der Waals surface area contributed by atoms with Crippen LogP contribution in [-0.4, -0.2) is 66.7 Å². The highest BCUT2D eigenvalue weighted by Gasteiger charge is 2.34. The summed E-state index contributed by atoms with van der Waals surface area (Å²) in [6.45, 7) is 21.0. The molecule has 1 atom stereocenters. The molecule has 3 heterocycles. The molecule has 0 bridgehead atoms. The van der Waals surface area contributed by atoms with E-state index in [9.17, 15) is 0 Å². The molecule has 5 heteroatoms. The highest BCUT2D eigenvalue weighted by atomic mass is 16.5. The van der Waals surface area contributed by atoms with Gasteiger partial charge in [0.05, 0.1) is 24.2 Å². The van der Waals surface area contributed by atoms with Crippen molar-refractivity contribution in [2.45, 2.75) is 98.1 Å². The molecule has 2 saturated heterocycles. The fraction of sp³-hybridized carbons (Fsp3) is 0.595. The van der Waals surface area contributed by atoms with Gasteiger partial charge < -0.3 is 14.5 Å². The van der Waals surface area contributed by atoms with Gasteiger partial charge in [-0.1, -0.05) is 59.1 Å². The predicted molar refractivity (Wildman–Crippen MR) is 180 cm³/mol. The second kappa shape index (κ2) is 15.6. The molecule has 0 amide bonds. The number of methoxy groups -OCH3 is 1. The van der Waals surface area contributed by atoms with Crippen LogP contribution in [-0.2, 0) is 0 Å². The molecule has 3 fully saturated rings. The Kier molecular flexibility index (Phi) is 11.9. The molecule has 0 N–H and O–H groups in total. The SMILES string of the molecule is C=C(c1ccc(OC)cc1)N1CCC(N2CCN(c3ccc(/C(C)=C/CC)nc3C)CC2CCCC)CC1.CC1CC1. The normalized spacial score (nSPS) is 20.2. The summed E-state index contributed by atoms with van der Waals surface area (Å²) in [4.78, 5) is 12.9. The lowest BCUT2D eigenvalue weighted by Crippen LogP contribution is -2.58. The molecule has 0 radical (unpaired) electrons. The van der Waals surface area contributed by atoms with Crippen molar-refractivity contribution in [2.75, 3.05) is 44.7 Å². The molecule has 230 valence electrons. The number of benzene rings is 1. The molecule has 5 rings (SSSR count). The number of rotatable bonds is 10. The molecule has 1 unspecified atom stereocenters. The molecule has 2 aliphatic heterocycles. The van der Waals surface area contributed by atoms with Gasteiger partial charge in [0.25, 0.3) is 0 Å². The summed E-state index contributed by atoms with van der Waals surface area (Å²) in [6, 6.07) is 14.1. The number of anilines is 1. The lowest BCUT2D eigenvalue weighted by atomic mass is 9.95. The second-order valence-electron chi connectivity index (χ2n) is 12.7. The van der Waals surface area contributed by atoms with E-state index < -0.39 is 0 Å². The van der Waals surface area contributed by atoms with Crippen molar-refractivity contribution in [1.29, 1.82) is 0 Å². The van der Waals surface area contributed by atoms with E-state index in [1.165, 1.54) is 61.8 Å². The van der Waals surface area contributed by atoms with Crippen molar-refractivity contribution < 1.29 is 4.74 Å². The minimum absolute atomic E-state index is 0.603. The highest BCUT2D eigenvalue weighted by molar-refractivity contribution is 5.64. The minimum atomic E-state index is 0.603. The molecule has 1 aromatic carbocycles. The summed E-state index contributed by atoms with van der Waals surface area (Å²) < 4.78 is 5.32. The van der Waals surface area contributed by atoms with Gasteiger partial charge in [0, 0.05) is 50.5 Å². The van der Waals surface area contributed by atoms with Gasteiger partial charge in [-0.2, -0.15) is 0 Å². The smallest absolute Gasteiger partial charge is 0.118 e. The molecule has 0 spiro atoms. The number of ether oxygens (including phenoxy) is 1. The summed E-state index contributed by atoms with van der Waals surface area (Å²) >= 11 is 0. The molecular weight excluding hydrogens is 516 g/mol. The Morgan fingerprint density at radius 2 is 1.69 bits per heavy atom. The number of hydrogen-bond donors (Lipinski definition) is 0. The van der Waals surface area contributed by atoms with Crippen LogP contribution in [0.3, 0.4) is 0 Å². The predicted octanol–water partition coefficient (Wildman–Crippen LogP) is 8.44. The lowest BCUT2D eigenvalue weighted by molar-refractivity contribution is 0.0735. The summed E-state index contributed by atoms with van der Waals surface area (Å²) in [6.07, 6.45) is 12.5. The number of aryl methyl sites for hydroxylation is 1. The Bertz CT molecular complexity index is 1160. The third-order valence-electron chi connectivity index (χ3n) is 9.34. The Balaban J connectivity index is 0.000000932. The Morgan fingerprint density at radius 3 is 2.26 bits per heavy atom. The molecule has 1 aliphatic carbocycles. The number of hydrogen-bond acceptors (Lipinski definition) is 5. The first-order valence-electron chi connectivity index (χ1n) is 16.6. The molecule has 1 aromatic heterocycles. The number of piperazine rings is 1. The largest absolute Gasteiger partial charge is 0.497 e. The van der Waals surface area contributed by atoms with Crippen LogP contribution in [0.4, 0.5) is 5.69 Å². The molecule has 42 heavy (non-hydrogen) atoms. The van der Waals surface area contributed by atoms with E-state index in [0.717, 1.165) is 67.9 Å². The average molecular weight is 573 g/mol. The molecule has 1 saturated carbocycles. The van der Waals surface area contributed by atoms with Gasteiger partial charge in [-0.15, -0.1) is 0 Å². The van der Waals surface area contributed by atoms with E-state index in [1.54, 1.807) is 7.11 Å². The number of piperidine rings is 1. The zero-order chi connectivity index (χ0) is 30.1. The Hall–Kier alpha value is -2.79. The summed E-state index contributed by atoms with van der Waals surface area (Å²) in [5.74, 6) is 1.97. The van der Waals surface area contributed by atoms with Crippen LogP contribution in [0.15, 0.2) is 49.1 Å². The van der Waals surface area contributed by atoms with E-state index in [1.807, 2.05) is 12.1 Å². The minimum Gasteiger partial charge on any atom is -0.497 e. The Labute approximate surface area is 256 Å². The van der Waals surface area contributed by atoms with Crippen molar-refractivity contribution in [2.24, 2.45) is 5.92 Å². The maximum absolute atomic E-state index is 5.32. The van der Waals surface area contributed by atoms with Crippen LogP contribution >= 0.6 is 0 Å². The van der Waals surface area contributed by atoms with Gasteiger partial charge in [0.1, 0.15) is 5.75 Å². The van der Waals surface area contributed by atoms with Crippen molar-refractivity contribution in [3.63, 3.8) is 0 Å². The first-order valence-corrected chi connectivity index (χ1v) is 16.6. The number of pyridine rings is 1. The summed E-state index contributed by atoms with van der Waals surface area (Å²) in [5, 5.41) is 0. The standard InChI is InChI=1S/C33H48N4O.C4H8/c1-7-9-11-30-24-36(33-17-16-32(34-26(33)4)25(3)10-8-2)22-23-37(30)29-18-20-35(21-19-29)27(5)28-12-14-31(38-6)15-13-28;1-4-2-3-4/h10,12-17,29-30H,5,7-9,11,18-24H2,1-4,6H3;4H,2-3H2,1H3/b25-10+;. The van der Waals surface area contributed by atoms with E-state index in [0.29, 0.717) is 12.1 Å². The van der Waals surface area contributed by atoms with Gasteiger partial charge in [0.2, 0.25) is 0 Å². The van der Waals surface area contributed by atoms with Crippen molar-refractivity contribution in [3.8, 4) is 5.75 Å². The van der Waals surface area contributed by atoms with Gasteiger partial charge in [-0.25, -0.2) is 0 Å². The third-order valence-corrected chi connectivity index (χ3v) is 9.34. The van der Waals surface area contributed by atoms with E-state index in [4.69, 9.17) is 9.72 Å². The van der Waals surface area contributed by atoms with Gasteiger partial charge >= 0.3 is 0 Å². The number of aromatic nitrogens is 1. The zero-order valence-electron chi connectivity index (χ0n) is 27.4. The van der Waals surface area contributed by atoms with Gasteiger partial charge in [-0.3, -0.25) is 9.88 Å². The summed E-state index contributed by atoms with van der Waals surface area (Å²) in [5.41, 5.74) is 7.17. The maximum Gasteiger partial charge on any atom is 0.118 e. The summed E-state index contributed by atoms with van der Waals surface area (Å²) in [7, 11) is 1.71. The molecule has 3 aliphatic rings. The van der Waals surface area contributed by atoms with Crippen LogP contribution < -0.4 is 9.64 Å². The van der Waals surface area contributed by atoms with Crippen LogP contribution in [0.1, 0.15) is 96.0 Å². The van der Waals surface area contributed by atoms with Crippen molar-refractivity contribution in [1.82, 2.24) is 14.8 Å². The number of likely N-dealkylation sites (tertiary alicyclic amines) is 1. The number of unbranched alkanes of at least 4 members (excludes halogenated alkanes) is 1. The first kappa shape index (κ1) is 32.1. The van der Waals surface area contributed by atoms with Crippen LogP contribution in [0.2, 0.25) is 0 Å². The third kappa shape index (κ3) is 8.63. The van der Waals surface area contributed by atoms with E-state index in [-0.39, 0.29) is 0 Å². The fourth-order valence-electron chi connectivity index (χ4n) is 6.38. The highest BCUT2D eigenvalue weighted by Crippen LogP contribution is 2.31. The fourth-order valence-corrected chi connectivity index (χ4v) is 6.38. The second-order valence-corrected chi connectivity index (χ2v) is 12.7. The van der Waals surface area contributed by atoms with Crippen molar-refractivity contribution in [3.05, 3.63) is 66.0 Å². The lowest BCUT2D eigenvalue weighted by Gasteiger charge is -2.49. The Morgan fingerprint density at radius 1 is 1.00 bits per heavy atom. The molecule has 5 nitrogen and oxygen atoms in total. The molecule has 2 aromatic rings. The van der Waals surface area contributed by atoms with Crippen LogP contribution in [0, 0.1) is 12.8 Å². The topological polar surface area (TPSA) is 31.8 Å². The average Bonchev–Trinajstić information content (AvgIpc) is 3.82. The first-order chi connectivity index (χ1) is 20.3. The van der Waals surface area contributed by atoms with Crippen molar-refractivity contribution >= 4 is 17.0 Å². The zero-order valence-corrected chi connectivity index (χ0v) is 27.4. The molecular formula is C37H56N4O. The van der Waals surface area contributed by atoms with E-state index in [2.05, 4.69) is 86.2 Å². The monoisotopic (exact) mass is 572 g/mol. The maximum atomic E-state index is 5.32. The van der Waals surface area contributed by atoms with Crippen LogP contribution in [0.5, 0.6) is 5.75 Å². The van der Waals surface area contributed by atoms with Crippen LogP contribution in [0.25, 0.3) is 11.3 Å². The van der Waals surface area contributed by atoms with E-state index >= 15 is 0 Å². The number of nitrogens with zero attached hydrogens (tertiary/aromatic N) is 4.